The molecule has 0 saturated heterocycles. The molecule has 0 amide bonds. The molecule has 0 aliphatic heterocycles. The summed E-state index contributed by atoms with van der Waals surface area (Å²) in [5.74, 6) is -1.50. The van der Waals surface area contributed by atoms with E-state index < -0.39 is 17.4 Å². The molecule has 0 radical (unpaired) electrons. The molecule has 0 heterocycles. The fourth-order valence-corrected chi connectivity index (χ4v) is 3.74. The maximum Gasteiger partial charge on any atom is 0.310 e. The molecule has 0 atom stereocenters. The molecular weight excluding hydrogens is 352 g/mol. The van der Waals surface area contributed by atoms with E-state index in [1.165, 1.54) is 0 Å². The highest BCUT2D eigenvalue weighted by atomic mass is 16.4. The lowest BCUT2D eigenvalue weighted by molar-refractivity contribution is -0.149. The molecule has 0 aromatic heterocycles. The van der Waals surface area contributed by atoms with Gasteiger partial charge in [0, 0.05) is 6.42 Å². The molecule has 0 bridgehead atoms. The minimum absolute atomic E-state index is 0.209. The van der Waals surface area contributed by atoms with Crippen LogP contribution in [0.25, 0.3) is 0 Å². The van der Waals surface area contributed by atoms with Crippen molar-refractivity contribution in [2.45, 2.75) is 57.8 Å². The van der Waals surface area contributed by atoms with Crippen LogP contribution in [-0.4, -0.2) is 22.2 Å². The maximum absolute atomic E-state index is 12.4. The van der Waals surface area contributed by atoms with E-state index >= 15 is 0 Å². The molecule has 0 aliphatic rings. The lowest BCUT2D eigenvalue weighted by Gasteiger charge is -2.30. The van der Waals surface area contributed by atoms with Crippen LogP contribution in [0.15, 0.2) is 60.7 Å². The number of rotatable bonds is 13. The van der Waals surface area contributed by atoms with E-state index in [2.05, 4.69) is 0 Å². The van der Waals surface area contributed by atoms with Crippen LogP contribution < -0.4 is 0 Å². The molecular formula is C24H30O4. The van der Waals surface area contributed by atoms with Gasteiger partial charge in [0.2, 0.25) is 0 Å². The molecule has 0 saturated carbocycles. The number of carboxylic acids is 2. The van der Waals surface area contributed by atoms with Gasteiger partial charge in [0.05, 0.1) is 5.41 Å². The number of aliphatic carboxylic acids is 2. The standard InChI is InChI=1S/C24H30O4/c25-22(26)16-10-2-1-3-11-17-24(23(27)28,18-20-12-6-4-7-13-20)19-21-14-8-5-9-15-21/h4-9,12-15H,1-3,10-11,16-19H2,(H,25,26)(H,27,28). The minimum atomic E-state index is -0.830. The summed E-state index contributed by atoms with van der Waals surface area (Å²) in [5, 5.41) is 18.9. The van der Waals surface area contributed by atoms with Crippen LogP contribution in [0.5, 0.6) is 0 Å². The first-order chi connectivity index (χ1) is 13.5. The van der Waals surface area contributed by atoms with E-state index in [0.717, 1.165) is 36.8 Å². The van der Waals surface area contributed by atoms with Crippen LogP contribution in [0.2, 0.25) is 0 Å². The number of hydrogen-bond acceptors (Lipinski definition) is 2. The topological polar surface area (TPSA) is 74.6 Å². The van der Waals surface area contributed by atoms with Crippen LogP contribution in [0, 0.1) is 5.41 Å². The average molecular weight is 383 g/mol. The SMILES string of the molecule is O=C(O)CCCCCCCC(Cc1ccccc1)(Cc1ccccc1)C(=O)O. The highest BCUT2D eigenvalue weighted by Gasteiger charge is 2.38. The Morgan fingerprint density at radius 2 is 1.14 bits per heavy atom. The van der Waals surface area contributed by atoms with E-state index in [1.807, 2.05) is 60.7 Å². The summed E-state index contributed by atoms with van der Waals surface area (Å²) in [4.78, 5) is 23.0. The van der Waals surface area contributed by atoms with Gasteiger partial charge in [0.25, 0.3) is 0 Å². The van der Waals surface area contributed by atoms with E-state index in [-0.39, 0.29) is 6.42 Å². The molecule has 0 unspecified atom stereocenters. The molecule has 2 rings (SSSR count). The van der Waals surface area contributed by atoms with Crippen LogP contribution in [0.3, 0.4) is 0 Å². The number of carboxylic acid groups (broad SMARTS) is 2. The van der Waals surface area contributed by atoms with Gasteiger partial charge >= 0.3 is 11.9 Å². The van der Waals surface area contributed by atoms with E-state index in [9.17, 15) is 14.7 Å². The Hall–Kier alpha value is -2.62. The van der Waals surface area contributed by atoms with Gasteiger partial charge in [-0.3, -0.25) is 9.59 Å². The molecule has 2 N–H and O–H groups in total. The van der Waals surface area contributed by atoms with Crippen LogP contribution in [-0.2, 0) is 22.4 Å². The molecule has 0 spiro atoms. The summed E-state index contributed by atoms with van der Waals surface area (Å²) in [6.45, 7) is 0. The van der Waals surface area contributed by atoms with E-state index in [4.69, 9.17) is 5.11 Å². The first-order valence-corrected chi connectivity index (χ1v) is 10.0. The molecule has 4 nitrogen and oxygen atoms in total. The van der Waals surface area contributed by atoms with E-state index in [1.54, 1.807) is 0 Å². The van der Waals surface area contributed by atoms with Crippen molar-refractivity contribution in [3.8, 4) is 0 Å². The summed E-state index contributed by atoms with van der Waals surface area (Å²) in [6.07, 6.45) is 6.12. The Labute approximate surface area is 167 Å². The predicted octanol–water partition coefficient (Wildman–Crippen LogP) is 5.36. The van der Waals surface area contributed by atoms with Gasteiger partial charge < -0.3 is 10.2 Å². The number of benzene rings is 2. The molecule has 0 fully saturated rings. The lowest BCUT2D eigenvalue weighted by Crippen LogP contribution is -2.36. The predicted molar refractivity (Wildman–Crippen MR) is 110 cm³/mol. The van der Waals surface area contributed by atoms with Crippen molar-refractivity contribution >= 4 is 11.9 Å². The maximum atomic E-state index is 12.4. The summed E-state index contributed by atoms with van der Waals surface area (Å²) >= 11 is 0. The zero-order valence-corrected chi connectivity index (χ0v) is 16.3. The first-order valence-electron chi connectivity index (χ1n) is 10.0. The highest BCUT2D eigenvalue weighted by Crippen LogP contribution is 2.34. The Kier molecular flexibility index (Phi) is 8.73. The third kappa shape index (κ3) is 7.18. The molecule has 2 aromatic carbocycles. The van der Waals surface area contributed by atoms with Crippen molar-refractivity contribution in [2.75, 3.05) is 0 Å². The van der Waals surface area contributed by atoms with Crippen molar-refractivity contribution < 1.29 is 19.8 Å². The minimum Gasteiger partial charge on any atom is -0.481 e. The van der Waals surface area contributed by atoms with Crippen LogP contribution in [0.4, 0.5) is 0 Å². The quantitative estimate of drug-likeness (QED) is 0.457. The second-order valence-electron chi connectivity index (χ2n) is 7.57. The van der Waals surface area contributed by atoms with Gasteiger partial charge in [-0.05, 0) is 36.8 Å². The van der Waals surface area contributed by atoms with Crippen LogP contribution >= 0.6 is 0 Å². The molecule has 28 heavy (non-hydrogen) atoms. The zero-order chi connectivity index (χ0) is 20.2. The van der Waals surface area contributed by atoms with Gasteiger partial charge in [-0.2, -0.15) is 0 Å². The fraction of sp³-hybridized carbons (Fsp3) is 0.417. The van der Waals surface area contributed by atoms with Gasteiger partial charge in [0.15, 0.2) is 0 Å². The van der Waals surface area contributed by atoms with Crippen molar-refractivity contribution in [1.29, 1.82) is 0 Å². The zero-order valence-electron chi connectivity index (χ0n) is 16.3. The Morgan fingerprint density at radius 1 is 0.679 bits per heavy atom. The summed E-state index contributed by atoms with van der Waals surface area (Å²) in [5.41, 5.74) is 1.26. The number of hydrogen-bond donors (Lipinski definition) is 2. The van der Waals surface area contributed by atoms with Crippen molar-refractivity contribution in [1.82, 2.24) is 0 Å². The largest absolute Gasteiger partial charge is 0.481 e. The highest BCUT2D eigenvalue weighted by molar-refractivity contribution is 5.75. The fourth-order valence-electron chi connectivity index (χ4n) is 3.74. The molecule has 4 heteroatoms. The summed E-state index contributed by atoms with van der Waals surface area (Å²) < 4.78 is 0. The van der Waals surface area contributed by atoms with Crippen molar-refractivity contribution in [2.24, 2.45) is 5.41 Å². The second kappa shape index (κ2) is 11.3. The summed E-state index contributed by atoms with van der Waals surface area (Å²) in [7, 11) is 0. The Bertz CT molecular complexity index is 683. The third-order valence-corrected chi connectivity index (χ3v) is 5.27. The Morgan fingerprint density at radius 3 is 1.61 bits per heavy atom. The normalized spacial score (nSPS) is 11.3. The monoisotopic (exact) mass is 382 g/mol. The molecule has 2 aromatic rings. The summed E-state index contributed by atoms with van der Waals surface area (Å²) in [6, 6.07) is 19.7. The van der Waals surface area contributed by atoms with E-state index in [0.29, 0.717) is 25.7 Å². The van der Waals surface area contributed by atoms with Crippen molar-refractivity contribution in [3.63, 3.8) is 0 Å². The first kappa shape index (κ1) is 21.7. The Balaban J connectivity index is 2.03. The molecule has 150 valence electrons. The average Bonchev–Trinajstić information content (AvgIpc) is 2.68. The second-order valence-corrected chi connectivity index (χ2v) is 7.57. The van der Waals surface area contributed by atoms with Crippen LogP contribution in [0.1, 0.15) is 56.1 Å². The molecule has 0 aliphatic carbocycles. The van der Waals surface area contributed by atoms with Crippen molar-refractivity contribution in [3.05, 3.63) is 71.8 Å². The van der Waals surface area contributed by atoms with Gasteiger partial charge in [-0.1, -0.05) is 86.3 Å². The number of carbonyl (C=O) groups is 2. The lowest BCUT2D eigenvalue weighted by atomic mass is 9.73. The number of unbranched alkanes of at least 4 members (excludes halogenated alkanes) is 4. The van der Waals surface area contributed by atoms with Gasteiger partial charge in [0.1, 0.15) is 0 Å². The van der Waals surface area contributed by atoms with Gasteiger partial charge in [-0.25, -0.2) is 0 Å². The third-order valence-electron chi connectivity index (χ3n) is 5.27. The van der Waals surface area contributed by atoms with Gasteiger partial charge in [-0.15, -0.1) is 0 Å². The smallest absolute Gasteiger partial charge is 0.310 e.